The van der Waals surface area contributed by atoms with Crippen LogP contribution in [0.25, 0.3) is 10.6 Å². The van der Waals surface area contributed by atoms with Gasteiger partial charge in [-0.05, 0) is 31.2 Å². The average molecular weight is 366 g/mol. The Morgan fingerprint density at radius 3 is 2.88 bits per heavy atom. The number of hydrogen-bond acceptors (Lipinski definition) is 4. The number of hydrogen-bond donors (Lipinski definition) is 1. The maximum absolute atomic E-state index is 12.8. The van der Waals surface area contributed by atoms with Gasteiger partial charge in [0.2, 0.25) is 0 Å². The fraction of sp³-hybridized carbons (Fsp3) is 0.444. The van der Waals surface area contributed by atoms with Gasteiger partial charge in [-0.15, -0.1) is 23.7 Å². The zero-order valence-electron chi connectivity index (χ0n) is 14.1. The van der Waals surface area contributed by atoms with E-state index in [-0.39, 0.29) is 24.4 Å². The largest absolute Gasteiger partial charge is 0.333 e. The highest BCUT2D eigenvalue weighted by Crippen LogP contribution is 2.28. The van der Waals surface area contributed by atoms with E-state index < -0.39 is 0 Å². The first-order valence-corrected chi connectivity index (χ1v) is 9.00. The topological polar surface area (TPSA) is 59.2 Å². The van der Waals surface area contributed by atoms with Crippen molar-refractivity contribution in [3.8, 4) is 10.6 Å². The molecule has 6 heteroatoms. The third kappa shape index (κ3) is 3.79. The third-order valence-corrected chi connectivity index (χ3v) is 5.49. The van der Waals surface area contributed by atoms with Crippen molar-refractivity contribution in [3.63, 3.8) is 0 Å². The second kappa shape index (κ2) is 8.10. The number of nitrogens with two attached hydrogens (primary N) is 1. The number of carbonyl (C=O) groups excluding carboxylic acids is 1. The van der Waals surface area contributed by atoms with E-state index in [1.54, 1.807) is 0 Å². The van der Waals surface area contributed by atoms with E-state index in [1.807, 2.05) is 28.5 Å². The predicted molar refractivity (Wildman–Crippen MR) is 102 cm³/mol. The molecule has 2 unspecified atom stereocenters. The minimum Gasteiger partial charge on any atom is -0.333 e. The van der Waals surface area contributed by atoms with Crippen molar-refractivity contribution in [1.29, 1.82) is 0 Å². The van der Waals surface area contributed by atoms with Gasteiger partial charge in [-0.2, -0.15) is 0 Å². The Morgan fingerprint density at radius 1 is 1.42 bits per heavy atom. The number of benzene rings is 1. The number of carbonyl (C=O) groups is 1. The van der Waals surface area contributed by atoms with E-state index in [9.17, 15) is 4.79 Å². The number of amides is 1. The highest BCUT2D eigenvalue weighted by molar-refractivity contribution is 7.13. The number of piperidine rings is 1. The van der Waals surface area contributed by atoms with Crippen LogP contribution in [0.15, 0.2) is 29.6 Å². The molecule has 1 aromatic heterocycles. The van der Waals surface area contributed by atoms with Crippen LogP contribution < -0.4 is 5.73 Å². The van der Waals surface area contributed by atoms with Gasteiger partial charge in [-0.25, -0.2) is 4.98 Å². The molecular weight excluding hydrogens is 342 g/mol. The molecule has 2 heterocycles. The summed E-state index contributed by atoms with van der Waals surface area (Å²) in [5.74, 6) is 0.647. The summed E-state index contributed by atoms with van der Waals surface area (Å²) in [7, 11) is 0. The van der Waals surface area contributed by atoms with Crippen molar-refractivity contribution in [1.82, 2.24) is 9.88 Å². The Balaban J connectivity index is 0.00000208. The maximum atomic E-state index is 12.8. The van der Waals surface area contributed by atoms with Gasteiger partial charge < -0.3 is 10.6 Å². The molecule has 1 amide bonds. The van der Waals surface area contributed by atoms with Crippen LogP contribution in [0.3, 0.4) is 0 Å². The summed E-state index contributed by atoms with van der Waals surface area (Å²) in [6.07, 6.45) is 2.02. The van der Waals surface area contributed by atoms with Crippen LogP contribution in [0, 0.1) is 12.8 Å². The minimum absolute atomic E-state index is 0. The number of nitrogens with zero attached hydrogens (tertiary/aromatic N) is 2. The molecule has 24 heavy (non-hydrogen) atoms. The zero-order valence-corrected chi connectivity index (χ0v) is 15.7. The van der Waals surface area contributed by atoms with Gasteiger partial charge in [0.15, 0.2) is 0 Å². The zero-order chi connectivity index (χ0) is 16.4. The molecule has 2 atom stereocenters. The SMILES string of the molecule is Cc1ccccc1-c1nc(C(=O)N2CCC(C)CC2CN)cs1.Cl. The second-order valence-electron chi connectivity index (χ2n) is 6.37. The average Bonchev–Trinajstić information content (AvgIpc) is 3.04. The molecule has 1 aliphatic heterocycles. The molecule has 1 saturated heterocycles. The Kier molecular flexibility index (Phi) is 6.38. The Labute approximate surface area is 153 Å². The second-order valence-corrected chi connectivity index (χ2v) is 7.23. The van der Waals surface area contributed by atoms with Gasteiger partial charge in [0.05, 0.1) is 0 Å². The fourth-order valence-electron chi connectivity index (χ4n) is 3.20. The predicted octanol–water partition coefficient (Wildman–Crippen LogP) is 3.74. The smallest absolute Gasteiger partial charge is 0.273 e. The van der Waals surface area contributed by atoms with Crippen molar-refractivity contribution in [2.75, 3.05) is 13.1 Å². The van der Waals surface area contributed by atoms with Crippen molar-refractivity contribution < 1.29 is 4.79 Å². The van der Waals surface area contributed by atoms with Crippen molar-refractivity contribution in [2.24, 2.45) is 11.7 Å². The lowest BCUT2D eigenvalue weighted by atomic mass is 9.92. The van der Waals surface area contributed by atoms with Crippen LogP contribution in [-0.4, -0.2) is 34.9 Å². The van der Waals surface area contributed by atoms with E-state index in [0.717, 1.165) is 30.0 Å². The number of aromatic nitrogens is 1. The summed E-state index contributed by atoms with van der Waals surface area (Å²) in [6, 6.07) is 8.26. The van der Waals surface area contributed by atoms with Crippen molar-refractivity contribution in [2.45, 2.75) is 32.7 Å². The Morgan fingerprint density at radius 2 is 2.17 bits per heavy atom. The summed E-state index contributed by atoms with van der Waals surface area (Å²) in [6.45, 7) is 5.59. The van der Waals surface area contributed by atoms with E-state index in [0.29, 0.717) is 18.2 Å². The number of thiazole rings is 1. The standard InChI is InChI=1S/C18H23N3OS.ClH/c1-12-7-8-21(14(9-12)10-19)18(22)16-11-23-17(20-16)15-6-4-3-5-13(15)2;/h3-6,11-12,14H,7-10,19H2,1-2H3;1H. The lowest BCUT2D eigenvalue weighted by molar-refractivity contribution is 0.0568. The summed E-state index contributed by atoms with van der Waals surface area (Å²) in [5, 5.41) is 2.77. The molecule has 0 bridgehead atoms. The summed E-state index contributed by atoms with van der Waals surface area (Å²) >= 11 is 1.53. The highest BCUT2D eigenvalue weighted by Gasteiger charge is 2.30. The molecule has 0 radical (unpaired) electrons. The molecule has 130 valence electrons. The molecule has 1 aliphatic rings. The van der Waals surface area contributed by atoms with Crippen molar-refractivity contribution in [3.05, 3.63) is 40.9 Å². The summed E-state index contributed by atoms with van der Waals surface area (Å²) < 4.78 is 0. The van der Waals surface area contributed by atoms with E-state index in [1.165, 1.54) is 16.9 Å². The first-order valence-electron chi connectivity index (χ1n) is 8.12. The van der Waals surface area contributed by atoms with E-state index in [2.05, 4.69) is 24.9 Å². The van der Waals surface area contributed by atoms with Crippen molar-refractivity contribution >= 4 is 29.7 Å². The molecule has 2 N–H and O–H groups in total. The molecule has 0 saturated carbocycles. The van der Waals surface area contributed by atoms with Crippen LogP contribution in [0.4, 0.5) is 0 Å². The molecule has 1 fully saturated rings. The molecule has 2 aromatic rings. The van der Waals surface area contributed by atoms with Crippen LogP contribution in [0.5, 0.6) is 0 Å². The Hall–Kier alpha value is -1.43. The van der Waals surface area contributed by atoms with Gasteiger partial charge >= 0.3 is 0 Å². The van der Waals surface area contributed by atoms with Crippen LogP contribution >= 0.6 is 23.7 Å². The first kappa shape index (κ1) is 18.9. The summed E-state index contributed by atoms with van der Waals surface area (Å²) in [5.41, 5.74) is 8.69. The highest BCUT2D eigenvalue weighted by atomic mass is 35.5. The van der Waals surface area contributed by atoms with Gasteiger partial charge in [0.1, 0.15) is 10.7 Å². The number of rotatable bonds is 3. The van der Waals surface area contributed by atoms with Gasteiger partial charge in [-0.1, -0.05) is 31.2 Å². The van der Waals surface area contributed by atoms with E-state index >= 15 is 0 Å². The number of halogens is 1. The van der Waals surface area contributed by atoms with Crippen LogP contribution in [0.2, 0.25) is 0 Å². The van der Waals surface area contributed by atoms with Crippen LogP contribution in [-0.2, 0) is 0 Å². The lowest BCUT2D eigenvalue weighted by Gasteiger charge is -2.37. The number of likely N-dealkylation sites (tertiary alicyclic amines) is 1. The van der Waals surface area contributed by atoms with Gasteiger partial charge in [0, 0.05) is 30.1 Å². The maximum Gasteiger partial charge on any atom is 0.273 e. The lowest BCUT2D eigenvalue weighted by Crippen LogP contribution is -2.49. The monoisotopic (exact) mass is 365 g/mol. The normalized spacial score (nSPS) is 20.5. The van der Waals surface area contributed by atoms with Gasteiger partial charge in [-0.3, -0.25) is 4.79 Å². The third-order valence-electron chi connectivity index (χ3n) is 4.61. The molecular formula is C18H24ClN3OS. The first-order chi connectivity index (χ1) is 11.1. The quantitative estimate of drug-likeness (QED) is 0.901. The molecule has 1 aromatic carbocycles. The number of aryl methyl sites for hydroxylation is 1. The fourth-order valence-corrected chi connectivity index (χ4v) is 4.08. The molecule has 0 spiro atoms. The van der Waals surface area contributed by atoms with Crippen LogP contribution in [0.1, 0.15) is 35.8 Å². The Bertz CT molecular complexity index is 703. The van der Waals surface area contributed by atoms with E-state index in [4.69, 9.17) is 5.73 Å². The summed E-state index contributed by atoms with van der Waals surface area (Å²) in [4.78, 5) is 19.3. The molecule has 3 rings (SSSR count). The molecule has 0 aliphatic carbocycles. The molecule has 4 nitrogen and oxygen atoms in total. The van der Waals surface area contributed by atoms with Gasteiger partial charge in [0.25, 0.3) is 5.91 Å². The minimum atomic E-state index is 0.